The van der Waals surface area contributed by atoms with Crippen LogP contribution in [0.4, 0.5) is 0 Å². The van der Waals surface area contributed by atoms with Crippen LogP contribution < -0.4 is 5.73 Å². The second-order valence-corrected chi connectivity index (χ2v) is 3.94. The largest absolute Gasteiger partial charge is 0.319 e. The Kier molecular flexibility index (Phi) is 4.82. The molecule has 0 fully saturated rings. The van der Waals surface area contributed by atoms with Gasteiger partial charge in [-0.15, -0.1) is 24.2 Å². The average Bonchev–Trinajstić information content (AvgIpc) is 2.36. The summed E-state index contributed by atoms with van der Waals surface area (Å²) in [5.41, 5.74) is 5.62. The predicted octanol–water partition coefficient (Wildman–Crippen LogP) is 1.32. The normalized spacial score (nSPS) is 28.6. The van der Waals surface area contributed by atoms with Gasteiger partial charge in [-0.3, -0.25) is 4.99 Å². The standard InChI is InChI=1S/C7H13N3S.ClH/c1-7(3-6(8)11-2)4-9-5-10-7;/h4-6H,3,8H2,1-2H3;1H. The van der Waals surface area contributed by atoms with Crippen LogP contribution >= 0.6 is 24.2 Å². The smallest absolute Gasteiger partial charge is 0.110 e. The van der Waals surface area contributed by atoms with Crippen LogP contribution in [0.2, 0.25) is 0 Å². The molecule has 0 saturated heterocycles. The van der Waals surface area contributed by atoms with Gasteiger partial charge in [-0.25, -0.2) is 4.99 Å². The van der Waals surface area contributed by atoms with E-state index in [1.165, 1.54) is 0 Å². The minimum absolute atomic E-state index is 0. The maximum atomic E-state index is 5.77. The molecular weight excluding hydrogens is 194 g/mol. The summed E-state index contributed by atoms with van der Waals surface area (Å²) in [6.45, 7) is 2.04. The van der Waals surface area contributed by atoms with Crippen molar-refractivity contribution in [2.45, 2.75) is 24.3 Å². The van der Waals surface area contributed by atoms with Gasteiger partial charge in [0.15, 0.2) is 0 Å². The van der Waals surface area contributed by atoms with Crippen LogP contribution in [-0.2, 0) is 0 Å². The van der Waals surface area contributed by atoms with Crippen LogP contribution in [0.25, 0.3) is 0 Å². The lowest BCUT2D eigenvalue weighted by molar-refractivity contribution is 0.581. The number of aliphatic imine (C=N–C) groups is 2. The summed E-state index contributed by atoms with van der Waals surface area (Å²) in [4.78, 5) is 8.16. The van der Waals surface area contributed by atoms with Gasteiger partial charge in [0.2, 0.25) is 0 Å². The minimum atomic E-state index is -0.150. The molecule has 1 aliphatic rings. The molecule has 1 aliphatic heterocycles. The second kappa shape index (κ2) is 4.84. The van der Waals surface area contributed by atoms with Crippen LogP contribution in [0.3, 0.4) is 0 Å². The molecule has 2 unspecified atom stereocenters. The molecule has 70 valence electrons. The van der Waals surface area contributed by atoms with E-state index in [1.54, 1.807) is 18.1 Å². The van der Waals surface area contributed by atoms with Gasteiger partial charge in [-0.05, 0) is 13.2 Å². The Bertz CT molecular complexity index is 181. The van der Waals surface area contributed by atoms with E-state index in [0.29, 0.717) is 0 Å². The van der Waals surface area contributed by atoms with E-state index in [1.807, 2.05) is 19.4 Å². The molecule has 5 heteroatoms. The third-order valence-electron chi connectivity index (χ3n) is 1.69. The first kappa shape index (κ1) is 11.9. The maximum absolute atomic E-state index is 5.77. The van der Waals surface area contributed by atoms with Crippen LogP contribution in [0.15, 0.2) is 9.98 Å². The lowest BCUT2D eigenvalue weighted by Gasteiger charge is -2.19. The highest BCUT2D eigenvalue weighted by Crippen LogP contribution is 2.20. The van der Waals surface area contributed by atoms with Gasteiger partial charge >= 0.3 is 0 Å². The molecule has 3 nitrogen and oxygen atoms in total. The number of thioether (sulfide) groups is 1. The Morgan fingerprint density at radius 2 is 2.33 bits per heavy atom. The van der Waals surface area contributed by atoms with Crippen molar-refractivity contribution in [3.8, 4) is 0 Å². The quantitative estimate of drug-likeness (QED) is 0.710. The summed E-state index contributed by atoms with van der Waals surface area (Å²) in [7, 11) is 0. The van der Waals surface area contributed by atoms with Crippen molar-refractivity contribution in [1.82, 2.24) is 0 Å². The number of hydrogen-bond donors (Lipinski definition) is 1. The van der Waals surface area contributed by atoms with Crippen molar-refractivity contribution in [1.29, 1.82) is 0 Å². The fraction of sp³-hybridized carbons (Fsp3) is 0.714. The highest BCUT2D eigenvalue weighted by atomic mass is 35.5. The summed E-state index contributed by atoms with van der Waals surface area (Å²) in [5, 5.41) is 0.154. The minimum Gasteiger partial charge on any atom is -0.319 e. The van der Waals surface area contributed by atoms with Gasteiger partial charge in [-0.2, -0.15) is 0 Å². The van der Waals surface area contributed by atoms with E-state index >= 15 is 0 Å². The molecule has 0 bridgehead atoms. The summed E-state index contributed by atoms with van der Waals surface area (Å²) in [6.07, 6.45) is 6.30. The number of rotatable bonds is 3. The van der Waals surface area contributed by atoms with Crippen molar-refractivity contribution in [3.05, 3.63) is 0 Å². The van der Waals surface area contributed by atoms with E-state index in [-0.39, 0.29) is 23.3 Å². The molecule has 12 heavy (non-hydrogen) atoms. The Balaban J connectivity index is 0.00000121. The molecule has 0 aromatic carbocycles. The zero-order valence-corrected chi connectivity index (χ0v) is 8.86. The highest BCUT2D eigenvalue weighted by Gasteiger charge is 2.25. The topological polar surface area (TPSA) is 50.7 Å². The van der Waals surface area contributed by atoms with E-state index in [9.17, 15) is 0 Å². The van der Waals surface area contributed by atoms with Crippen molar-refractivity contribution < 1.29 is 0 Å². The monoisotopic (exact) mass is 207 g/mol. The SMILES string of the molecule is CSC(N)CC1(C)C=NC=N1.Cl. The lowest BCUT2D eigenvalue weighted by Crippen LogP contribution is -2.31. The highest BCUT2D eigenvalue weighted by molar-refractivity contribution is 7.99. The Labute approximate surface area is 83.3 Å². The van der Waals surface area contributed by atoms with Gasteiger partial charge in [0.05, 0.1) is 10.9 Å². The molecule has 0 amide bonds. The molecule has 2 N–H and O–H groups in total. The fourth-order valence-corrected chi connectivity index (χ4v) is 1.49. The molecule has 0 saturated carbocycles. The van der Waals surface area contributed by atoms with E-state index in [2.05, 4.69) is 9.98 Å². The van der Waals surface area contributed by atoms with Crippen molar-refractivity contribution in [2.75, 3.05) is 6.26 Å². The van der Waals surface area contributed by atoms with Crippen LogP contribution in [0.1, 0.15) is 13.3 Å². The molecular formula is C7H14ClN3S. The van der Waals surface area contributed by atoms with Gasteiger partial charge in [0, 0.05) is 12.6 Å². The molecule has 0 aromatic heterocycles. The van der Waals surface area contributed by atoms with Gasteiger partial charge in [-0.1, -0.05) is 0 Å². The first-order chi connectivity index (χ1) is 5.16. The summed E-state index contributed by atoms with van der Waals surface area (Å²) in [6, 6.07) is 0. The molecule has 1 heterocycles. The van der Waals surface area contributed by atoms with E-state index in [4.69, 9.17) is 5.73 Å². The molecule has 0 aliphatic carbocycles. The third-order valence-corrected chi connectivity index (χ3v) is 2.46. The van der Waals surface area contributed by atoms with Crippen LogP contribution in [0, 0.1) is 0 Å². The zero-order chi connectivity index (χ0) is 8.32. The number of nitrogens with zero attached hydrogens (tertiary/aromatic N) is 2. The van der Waals surface area contributed by atoms with Crippen molar-refractivity contribution in [2.24, 2.45) is 15.7 Å². The zero-order valence-electron chi connectivity index (χ0n) is 7.23. The third kappa shape index (κ3) is 3.13. The maximum Gasteiger partial charge on any atom is 0.110 e. The predicted molar refractivity (Wildman–Crippen MR) is 58.7 cm³/mol. The second-order valence-electron chi connectivity index (χ2n) is 2.86. The first-order valence-electron chi connectivity index (χ1n) is 3.53. The fourth-order valence-electron chi connectivity index (χ4n) is 0.989. The molecule has 0 aromatic rings. The van der Waals surface area contributed by atoms with Crippen molar-refractivity contribution >= 4 is 36.7 Å². The first-order valence-corrected chi connectivity index (χ1v) is 4.81. The lowest BCUT2D eigenvalue weighted by atomic mass is 10.0. The van der Waals surface area contributed by atoms with E-state index < -0.39 is 0 Å². The van der Waals surface area contributed by atoms with Gasteiger partial charge in [0.25, 0.3) is 0 Å². The van der Waals surface area contributed by atoms with Crippen LogP contribution in [0.5, 0.6) is 0 Å². The van der Waals surface area contributed by atoms with Gasteiger partial charge < -0.3 is 5.73 Å². The summed E-state index contributed by atoms with van der Waals surface area (Å²) >= 11 is 1.65. The molecule has 1 rings (SSSR count). The van der Waals surface area contributed by atoms with E-state index in [0.717, 1.165) is 6.42 Å². The molecule has 2 atom stereocenters. The average molecular weight is 208 g/mol. The number of halogens is 1. The Hall–Kier alpha value is -0.0600. The number of hydrogen-bond acceptors (Lipinski definition) is 4. The van der Waals surface area contributed by atoms with Crippen molar-refractivity contribution in [3.63, 3.8) is 0 Å². The Morgan fingerprint density at radius 1 is 1.67 bits per heavy atom. The molecule has 0 spiro atoms. The Morgan fingerprint density at radius 3 is 2.75 bits per heavy atom. The summed E-state index contributed by atoms with van der Waals surface area (Å²) in [5.74, 6) is 0. The van der Waals surface area contributed by atoms with Gasteiger partial charge in [0.1, 0.15) is 6.34 Å². The number of nitrogens with two attached hydrogens (primary N) is 1. The van der Waals surface area contributed by atoms with Crippen LogP contribution in [-0.4, -0.2) is 29.7 Å². The summed E-state index contributed by atoms with van der Waals surface area (Å²) < 4.78 is 0. The molecule has 0 radical (unpaired) electrons.